The second kappa shape index (κ2) is 8.24. The van der Waals surface area contributed by atoms with Gasteiger partial charge in [0.15, 0.2) is 0 Å². The van der Waals surface area contributed by atoms with Crippen molar-refractivity contribution in [2.75, 3.05) is 43.4 Å². The van der Waals surface area contributed by atoms with Gasteiger partial charge in [-0.3, -0.25) is 0 Å². The summed E-state index contributed by atoms with van der Waals surface area (Å²) in [4.78, 5) is 5.10. The summed E-state index contributed by atoms with van der Waals surface area (Å²) >= 11 is 0. The van der Waals surface area contributed by atoms with Crippen LogP contribution in [0.25, 0.3) is 0 Å². The van der Waals surface area contributed by atoms with Crippen molar-refractivity contribution in [3.63, 3.8) is 0 Å². The minimum absolute atomic E-state index is 0.861. The van der Waals surface area contributed by atoms with E-state index in [0.717, 1.165) is 37.0 Å². The van der Waals surface area contributed by atoms with Gasteiger partial charge in [-0.15, -0.1) is 0 Å². The smallest absolute Gasteiger partial charge is 0.0600 e. The molecule has 1 aromatic carbocycles. The van der Waals surface area contributed by atoms with Crippen LogP contribution in [0.15, 0.2) is 18.2 Å². The monoisotopic (exact) mass is 329 g/mol. The van der Waals surface area contributed by atoms with Crippen LogP contribution in [0.1, 0.15) is 51.5 Å². The first kappa shape index (κ1) is 17.6. The van der Waals surface area contributed by atoms with E-state index in [1.165, 1.54) is 63.0 Å². The van der Waals surface area contributed by atoms with E-state index in [1.54, 1.807) is 0 Å². The van der Waals surface area contributed by atoms with Crippen LogP contribution in [0, 0.1) is 11.8 Å². The number of rotatable bonds is 5. The fourth-order valence-corrected chi connectivity index (χ4v) is 4.09. The van der Waals surface area contributed by atoms with Crippen molar-refractivity contribution in [1.29, 1.82) is 0 Å². The van der Waals surface area contributed by atoms with Gasteiger partial charge in [0.1, 0.15) is 0 Å². The molecule has 2 fully saturated rings. The van der Waals surface area contributed by atoms with Crippen molar-refractivity contribution in [1.82, 2.24) is 4.90 Å². The van der Waals surface area contributed by atoms with E-state index < -0.39 is 0 Å². The highest BCUT2D eigenvalue weighted by Crippen LogP contribution is 2.29. The van der Waals surface area contributed by atoms with Crippen LogP contribution < -0.4 is 10.6 Å². The van der Waals surface area contributed by atoms with Gasteiger partial charge in [-0.25, -0.2) is 0 Å². The Morgan fingerprint density at radius 3 is 2.21 bits per heavy atom. The number of nitrogens with two attached hydrogens (primary N) is 1. The second-order valence-electron chi connectivity index (χ2n) is 8.19. The molecule has 0 radical (unpaired) electrons. The Kier molecular flexibility index (Phi) is 6.04. The van der Waals surface area contributed by atoms with E-state index in [0.29, 0.717) is 0 Å². The minimum Gasteiger partial charge on any atom is -0.397 e. The molecule has 2 saturated heterocycles. The van der Waals surface area contributed by atoms with Gasteiger partial charge in [0.25, 0.3) is 0 Å². The fraction of sp³-hybridized carbons (Fsp3) is 0.714. The third-order valence-electron chi connectivity index (χ3n) is 6.03. The van der Waals surface area contributed by atoms with Crippen molar-refractivity contribution in [2.24, 2.45) is 11.8 Å². The van der Waals surface area contributed by atoms with Gasteiger partial charge in [-0.2, -0.15) is 0 Å². The molecule has 1 aromatic rings. The summed E-state index contributed by atoms with van der Waals surface area (Å²) in [5.74, 6) is 1.78. The number of hydrogen-bond donors (Lipinski definition) is 1. The first-order chi connectivity index (χ1) is 11.6. The Labute approximate surface area is 148 Å². The van der Waals surface area contributed by atoms with Crippen molar-refractivity contribution in [3.8, 4) is 0 Å². The number of piperidine rings is 2. The lowest BCUT2D eigenvalue weighted by Gasteiger charge is -2.33. The molecule has 0 unspecified atom stereocenters. The average Bonchev–Trinajstić information content (AvgIpc) is 2.58. The molecule has 24 heavy (non-hydrogen) atoms. The summed E-state index contributed by atoms with van der Waals surface area (Å²) in [6.07, 6.45) is 7.71. The molecule has 2 aliphatic heterocycles. The van der Waals surface area contributed by atoms with Gasteiger partial charge in [0, 0.05) is 13.1 Å². The summed E-state index contributed by atoms with van der Waals surface area (Å²) in [6, 6.07) is 6.76. The molecule has 0 saturated carbocycles. The molecular formula is C21H35N3. The van der Waals surface area contributed by atoms with E-state index in [9.17, 15) is 0 Å². The predicted molar refractivity (Wildman–Crippen MR) is 105 cm³/mol. The van der Waals surface area contributed by atoms with Gasteiger partial charge in [-0.1, -0.05) is 19.9 Å². The van der Waals surface area contributed by atoms with Crippen molar-refractivity contribution in [2.45, 2.75) is 52.4 Å². The Morgan fingerprint density at radius 2 is 1.58 bits per heavy atom. The molecule has 0 aromatic heterocycles. The van der Waals surface area contributed by atoms with Gasteiger partial charge in [0.2, 0.25) is 0 Å². The lowest BCUT2D eigenvalue weighted by molar-refractivity contribution is 0.191. The molecular weight excluding hydrogens is 294 g/mol. The summed E-state index contributed by atoms with van der Waals surface area (Å²) in [7, 11) is 0. The Balaban J connectivity index is 1.47. The number of anilines is 2. The molecule has 2 N–H and O–H groups in total. The van der Waals surface area contributed by atoms with Crippen LogP contribution in [0.4, 0.5) is 11.4 Å². The zero-order valence-electron chi connectivity index (χ0n) is 15.6. The number of benzene rings is 1. The molecule has 0 aliphatic carbocycles. The summed E-state index contributed by atoms with van der Waals surface area (Å²) < 4.78 is 0. The standard InChI is InChI=1S/C21H35N3/c1-17-7-12-23(13-8-17)11-3-4-19-5-6-21(20(22)16-19)24-14-9-18(2)10-15-24/h5-6,16-18H,3-4,7-15,22H2,1-2H3. The zero-order valence-corrected chi connectivity index (χ0v) is 15.6. The van der Waals surface area contributed by atoms with E-state index in [-0.39, 0.29) is 0 Å². The fourth-order valence-electron chi connectivity index (χ4n) is 4.09. The summed E-state index contributed by atoms with van der Waals surface area (Å²) in [6.45, 7) is 10.8. The van der Waals surface area contributed by atoms with Gasteiger partial charge >= 0.3 is 0 Å². The third kappa shape index (κ3) is 4.66. The van der Waals surface area contributed by atoms with E-state index in [2.05, 4.69) is 41.8 Å². The number of likely N-dealkylation sites (tertiary alicyclic amines) is 1. The number of nitrogens with zero attached hydrogens (tertiary/aromatic N) is 2. The van der Waals surface area contributed by atoms with Crippen LogP contribution in [0.5, 0.6) is 0 Å². The van der Waals surface area contributed by atoms with E-state index in [4.69, 9.17) is 5.73 Å². The third-order valence-corrected chi connectivity index (χ3v) is 6.03. The van der Waals surface area contributed by atoms with E-state index >= 15 is 0 Å². The number of hydrogen-bond acceptors (Lipinski definition) is 3. The van der Waals surface area contributed by atoms with Crippen molar-refractivity contribution in [3.05, 3.63) is 23.8 Å². The Hall–Kier alpha value is -1.22. The second-order valence-corrected chi connectivity index (χ2v) is 8.19. The maximum Gasteiger partial charge on any atom is 0.0600 e. The Morgan fingerprint density at radius 1 is 0.958 bits per heavy atom. The highest BCUT2D eigenvalue weighted by Gasteiger charge is 2.18. The van der Waals surface area contributed by atoms with E-state index in [1.807, 2.05) is 0 Å². The van der Waals surface area contributed by atoms with Gasteiger partial charge in [0.05, 0.1) is 11.4 Å². The first-order valence-electron chi connectivity index (χ1n) is 9.97. The summed E-state index contributed by atoms with van der Waals surface area (Å²) in [5.41, 5.74) is 9.97. The van der Waals surface area contributed by atoms with Crippen LogP contribution in [0.2, 0.25) is 0 Å². The maximum absolute atomic E-state index is 6.36. The summed E-state index contributed by atoms with van der Waals surface area (Å²) in [5, 5.41) is 0. The molecule has 2 heterocycles. The quantitative estimate of drug-likeness (QED) is 0.823. The molecule has 0 atom stereocenters. The molecule has 3 rings (SSSR count). The molecule has 2 aliphatic rings. The maximum atomic E-state index is 6.36. The van der Waals surface area contributed by atoms with Crippen molar-refractivity contribution >= 4 is 11.4 Å². The molecule has 134 valence electrons. The average molecular weight is 330 g/mol. The number of aryl methyl sites for hydroxylation is 1. The lowest BCUT2D eigenvalue weighted by atomic mass is 9.98. The first-order valence-corrected chi connectivity index (χ1v) is 9.97. The largest absolute Gasteiger partial charge is 0.397 e. The van der Waals surface area contributed by atoms with Gasteiger partial charge < -0.3 is 15.5 Å². The Bertz CT molecular complexity index is 512. The zero-order chi connectivity index (χ0) is 16.9. The van der Waals surface area contributed by atoms with Crippen LogP contribution in [-0.2, 0) is 6.42 Å². The number of nitrogen functional groups attached to an aromatic ring is 1. The molecule has 3 nitrogen and oxygen atoms in total. The highest BCUT2D eigenvalue weighted by atomic mass is 15.1. The predicted octanol–water partition coefficient (Wildman–Crippen LogP) is 4.17. The lowest BCUT2D eigenvalue weighted by Crippen LogP contribution is -2.33. The SMILES string of the molecule is CC1CCN(CCCc2ccc(N3CCC(C)CC3)c(N)c2)CC1. The topological polar surface area (TPSA) is 32.5 Å². The van der Waals surface area contributed by atoms with Crippen LogP contribution in [-0.4, -0.2) is 37.6 Å². The molecule has 0 spiro atoms. The minimum atomic E-state index is 0.861. The normalized spacial score (nSPS) is 21.3. The van der Waals surface area contributed by atoms with Crippen molar-refractivity contribution < 1.29 is 0 Å². The molecule has 0 amide bonds. The highest BCUT2D eigenvalue weighted by molar-refractivity contribution is 5.68. The molecule has 3 heteroatoms. The van der Waals surface area contributed by atoms with Crippen LogP contribution >= 0.6 is 0 Å². The van der Waals surface area contributed by atoms with Crippen LogP contribution in [0.3, 0.4) is 0 Å². The molecule has 0 bridgehead atoms. The van der Waals surface area contributed by atoms with Gasteiger partial charge in [-0.05, 0) is 87.7 Å².